The number of hydrogen-bond acceptors (Lipinski definition) is 5. The third kappa shape index (κ3) is 9.35. The van der Waals surface area contributed by atoms with Gasteiger partial charge in [-0.3, -0.25) is 4.18 Å². The average Bonchev–Trinajstić information content (AvgIpc) is 2.62. The predicted molar refractivity (Wildman–Crippen MR) is 99.0 cm³/mol. The van der Waals surface area contributed by atoms with Gasteiger partial charge < -0.3 is 10.2 Å². The van der Waals surface area contributed by atoms with Crippen LogP contribution >= 0.6 is 0 Å². The lowest BCUT2D eigenvalue weighted by atomic mass is 10.0. The van der Waals surface area contributed by atoms with Gasteiger partial charge in [-0.25, -0.2) is 0 Å². The predicted octanol–water partition coefficient (Wildman–Crippen LogP) is 3.43. The van der Waals surface area contributed by atoms with Crippen LogP contribution in [0.4, 0.5) is 0 Å². The zero-order valence-corrected chi connectivity index (χ0v) is 16.0. The molecule has 0 amide bonds. The molecule has 0 aliphatic rings. The van der Waals surface area contributed by atoms with Gasteiger partial charge in [0.25, 0.3) is 10.1 Å². The van der Waals surface area contributed by atoms with Crippen LogP contribution in [0.1, 0.15) is 63.9 Å². The fourth-order valence-electron chi connectivity index (χ4n) is 2.57. The Bertz CT molecular complexity index is 554. The SMILES string of the molecule is CCCCCCCCCCc1ccc(S(=O)(=O)OCC(O)CO)cc1. The van der Waals surface area contributed by atoms with Crippen molar-refractivity contribution < 1.29 is 22.8 Å². The molecular formula is C19H32O5S. The summed E-state index contributed by atoms with van der Waals surface area (Å²) in [5, 5.41) is 17.9. The number of benzene rings is 1. The number of unbranched alkanes of at least 4 members (excludes halogenated alkanes) is 7. The molecule has 144 valence electrons. The number of aryl methyl sites for hydroxylation is 1. The molecule has 0 aromatic heterocycles. The molecule has 1 atom stereocenters. The van der Waals surface area contributed by atoms with Crippen molar-refractivity contribution in [3.8, 4) is 0 Å². The minimum Gasteiger partial charge on any atom is -0.394 e. The van der Waals surface area contributed by atoms with E-state index < -0.39 is 29.4 Å². The summed E-state index contributed by atoms with van der Waals surface area (Å²) in [6.07, 6.45) is 9.89. The van der Waals surface area contributed by atoms with E-state index in [0.717, 1.165) is 18.4 Å². The van der Waals surface area contributed by atoms with E-state index in [4.69, 9.17) is 9.29 Å². The highest BCUT2D eigenvalue weighted by Crippen LogP contribution is 2.16. The molecule has 0 heterocycles. The maximum Gasteiger partial charge on any atom is 0.297 e. The van der Waals surface area contributed by atoms with Crippen molar-refractivity contribution in [3.05, 3.63) is 29.8 Å². The molecule has 1 aromatic carbocycles. The van der Waals surface area contributed by atoms with Crippen LogP contribution in [0.25, 0.3) is 0 Å². The molecule has 5 nitrogen and oxygen atoms in total. The van der Waals surface area contributed by atoms with Crippen molar-refractivity contribution in [3.63, 3.8) is 0 Å². The van der Waals surface area contributed by atoms with Gasteiger partial charge in [-0.15, -0.1) is 0 Å². The molecule has 0 radical (unpaired) electrons. The smallest absolute Gasteiger partial charge is 0.297 e. The molecule has 0 saturated heterocycles. The van der Waals surface area contributed by atoms with Gasteiger partial charge in [0.15, 0.2) is 0 Å². The van der Waals surface area contributed by atoms with E-state index in [1.54, 1.807) is 12.1 Å². The van der Waals surface area contributed by atoms with Crippen molar-refractivity contribution in [1.82, 2.24) is 0 Å². The summed E-state index contributed by atoms with van der Waals surface area (Å²) in [6.45, 7) is 1.24. The fraction of sp³-hybridized carbons (Fsp3) is 0.684. The molecule has 1 unspecified atom stereocenters. The van der Waals surface area contributed by atoms with Crippen LogP contribution < -0.4 is 0 Å². The highest BCUT2D eigenvalue weighted by molar-refractivity contribution is 7.86. The standard InChI is InChI=1S/C19H32O5S/c1-2-3-4-5-6-7-8-9-10-17-11-13-19(14-12-17)25(22,23)24-16-18(21)15-20/h11-14,18,20-21H,2-10,15-16H2,1H3. The molecule has 25 heavy (non-hydrogen) atoms. The van der Waals surface area contributed by atoms with Crippen LogP contribution in [-0.2, 0) is 20.7 Å². The van der Waals surface area contributed by atoms with Gasteiger partial charge in [0.05, 0.1) is 18.1 Å². The molecule has 2 N–H and O–H groups in total. The summed E-state index contributed by atoms with van der Waals surface area (Å²) in [7, 11) is -3.89. The zero-order chi connectivity index (χ0) is 18.5. The van der Waals surface area contributed by atoms with Crippen molar-refractivity contribution in [2.45, 2.75) is 75.7 Å². The molecule has 0 spiro atoms. The van der Waals surface area contributed by atoms with E-state index in [0.29, 0.717) is 0 Å². The van der Waals surface area contributed by atoms with Gasteiger partial charge in [-0.1, -0.05) is 64.0 Å². The van der Waals surface area contributed by atoms with Gasteiger partial charge in [0.1, 0.15) is 6.10 Å². The molecular weight excluding hydrogens is 340 g/mol. The van der Waals surface area contributed by atoms with Gasteiger partial charge in [0.2, 0.25) is 0 Å². The summed E-state index contributed by atoms with van der Waals surface area (Å²) in [4.78, 5) is 0.0670. The number of aliphatic hydroxyl groups is 2. The first kappa shape index (κ1) is 22.1. The van der Waals surface area contributed by atoms with E-state index in [1.165, 1.54) is 57.1 Å². The summed E-state index contributed by atoms with van der Waals surface area (Å²) in [5.74, 6) is 0. The Balaban J connectivity index is 2.31. The van der Waals surface area contributed by atoms with Gasteiger partial charge in [0, 0.05) is 0 Å². The number of hydrogen-bond donors (Lipinski definition) is 2. The Hall–Kier alpha value is -0.950. The van der Waals surface area contributed by atoms with Gasteiger partial charge >= 0.3 is 0 Å². The lowest BCUT2D eigenvalue weighted by molar-refractivity contribution is 0.0557. The second kappa shape index (κ2) is 12.4. The lowest BCUT2D eigenvalue weighted by Gasteiger charge is -2.09. The Morgan fingerprint density at radius 2 is 1.52 bits per heavy atom. The van der Waals surface area contributed by atoms with E-state index in [2.05, 4.69) is 6.92 Å². The van der Waals surface area contributed by atoms with Crippen LogP contribution in [0, 0.1) is 0 Å². The van der Waals surface area contributed by atoms with E-state index >= 15 is 0 Å². The van der Waals surface area contributed by atoms with E-state index in [1.807, 2.05) is 0 Å². The molecule has 0 saturated carbocycles. The first-order valence-corrected chi connectivity index (χ1v) is 10.7. The van der Waals surface area contributed by atoms with Crippen molar-refractivity contribution in [1.29, 1.82) is 0 Å². The van der Waals surface area contributed by atoms with Crippen LogP contribution in [0.2, 0.25) is 0 Å². The quantitative estimate of drug-likeness (QED) is 0.386. The van der Waals surface area contributed by atoms with E-state index in [-0.39, 0.29) is 4.90 Å². The minimum atomic E-state index is -3.89. The molecule has 1 aromatic rings. The third-order valence-corrected chi connectivity index (χ3v) is 5.45. The fourth-order valence-corrected chi connectivity index (χ4v) is 3.52. The van der Waals surface area contributed by atoms with Crippen molar-refractivity contribution in [2.75, 3.05) is 13.2 Å². The summed E-state index contributed by atoms with van der Waals surface area (Å²) in [6, 6.07) is 6.67. The zero-order valence-electron chi connectivity index (χ0n) is 15.2. The van der Waals surface area contributed by atoms with Gasteiger partial charge in [-0.05, 0) is 30.5 Å². The number of rotatable bonds is 14. The van der Waals surface area contributed by atoms with Gasteiger partial charge in [-0.2, -0.15) is 8.42 Å². The van der Waals surface area contributed by atoms with Crippen LogP contribution in [0.3, 0.4) is 0 Å². The monoisotopic (exact) mass is 372 g/mol. The Morgan fingerprint density at radius 3 is 2.08 bits per heavy atom. The molecule has 0 aliphatic heterocycles. The maximum absolute atomic E-state index is 12.0. The maximum atomic E-state index is 12.0. The highest BCUT2D eigenvalue weighted by Gasteiger charge is 2.17. The topological polar surface area (TPSA) is 83.8 Å². The second-order valence-corrected chi connectivity index (χ2v) is 8.06. The Kier molecular flexibility index (Phi) is 11.0. The summed E-state index contributed by atoms with van der Waals surface area (Å²) < 4.78 is 28.6. The first-order chi connectivity index (χ1) is 12.0. The average molecular weight is 373 g/mol. The van der Waals surface area contributed by atoms with Crippen LogP contribution in [-0.4, -0.2) is 37.9 Å². The lowest BCUT2D eigenvalue weighted by Crippen LogP contribution is -2.22. The summed E-state index contributed by atoms with van der Waals surface area (Å²) in [5.41, 5.74) is 1.11. The minimum absolute atomic E-state index is 0.0670. The third-order valence-electron chi connectivity index (χ3n) is 4.16. The molecule has 1 rings (SSSR count). The molecule has 0 bridgehead atoms. The Morgan fingerprint density at radius 1 is 0.960 bits per heavy atom. The normalized spacial score (nSPS) is 13.1. The number of aliphatic hydroxyl groups excluding tert-OH is 2. The molecule has 6 heteroatoms. The first-order valence-electron chi connectivity index (χ1n) is 9.27. The van der Waals surface area contributed by atoms with E-state index in [9.17, 15) is 13.5 Å². The molecule has 0 fully saturated rings. The van der Waals surface area contributed by atoms with Crippen molar-refractivity contribution >= 4 is 10.1 Å². The molecule has 0 aliphatic carbocycles. The van der Waals surface area contributed by atoms with Crippen LogP contribution in [0.15, 0.2) is 29.2 Å². The Labute approximate surface area is 152 Å². The summed E-state index contributed by atoms with van der Waals surface area (Å²) >= 11 is 0. The second-order valence-electron chi connectivity index (χ2n) is 6.44. The largest absolute Gasteiger partial charge is 0.394 e. The van der Waals surface area contributed by atoms with Crippen LogP contribution in [0.5, 0.6) is 0 Å². The highest BCUT2D eigenvalue weighted by atomic mass is 32.2. The van der Waals surface area contributed by atoms with Crippen molar-refractivity contribution in [2.24, 2.45) is 0 Å².